The Kier molecular flexibility index (Phi) is 5.47. The third-order valence-corrected chi connectivity index (χ3v) is 3.32. The molecular weight excluding hydrogens is 316 g/mol. The number of halogens is 2. The second kappa shape index (κ2) is 7.54. The number of hydrogen-bond acceptors (Lipinski definition) is 2. The Morgan fingerprint density at radius 3 is 2.21 bits per heavy atom. The predicted molar refractivity (Wildman–Crippen MR) is 86.4 cm³/mol. The van der Waals surface area contributed by atoms with E-state index in [0.29, 0.717) is 5.69 Å². The molecule has 7 heteroatoms. The Bertz CT molecular complexity index is 728. The molecule has 0 aromatic heterocycles. The number of benzene rings is 2. The Labute approximate surface area is 137 Å². The van der Waals surface area contributed by atoms with E-state index >= 15 is 0 Å². The lowest BCUT2D eigenvalue weighted by Crippen LogP contribution is -2.47. The highest BCUT2D eigenvalue weighted by molar-refractivity contribution is 5.93. The number of rotatable bonds is 5. The standard InChI is InChI=1S/C17H17F2N3O2/c1-10-2-4-14(5-3-10)21-17(24)22-15(16(20)23)8-11-6-12(18)9-13(19)7-11/h2-7,9,15H,8H2,1H3,(H2,20,23)(H2,21,22,24)/t15-/m0/s1. The van der Waals surface area contributed by atoms with Crippen molar-refractivity contribution in [1.29, 1.82) is 0 Å². The Balaban J connectivity index is 2.03. The number of carbonyl (C=O) groups is 2. The van der Waals surface area contributed by atoms with Crippen molar-refractivity contribution in [3.63, 3.8) is 0 Å². The number of nitrogens with one attached hydrogen (secondary N) is 2. The zero-order chi connectivity index (χ0) is 17.7. The summed E-state index contributed by atoms with van der Waals surface area (Å²) in [4.78, 5) is 23.5. The molecule has 3 amide bonds. The molecule has 24 heavy (non-hydrogen) atoms. The summed E-state index contributed by atoms with van der Waals surface area (Å²) >= 11 is 0. The van der Waals surface area contributed by atoms with E-state index < -0.39 is 29.6 Å². The molecule has 126 valence electrons. The number of urea groups is 1. The lowest BCUT2D eigenvalue weighted by atomic mass is 10.1. The summed E-state index contributed by atoms with van der Waals surface area (Å²) in [5, 5.41) is 4.95. The van der Waals surface area contributed by atoms with Crippen molar-refractivity contribution in [3.8, 4) is 0 Å². The maximum Gasteiger partial charge on any atom is 0.319 e. The molecule has 2 rings (SSSR count). The molecule has 2 aromatic rings. The van der Waals surface area contributed by atoms with Gasteiger partial charge in [-0.25, -0.2) is 13.6 Å². The van der Waals surface area contributed by atoms with E-state index in [1.807, 2.05) is 19.1 Å². The van der Waals surface area contributed by atoms with Gasteiger partial charge in [0.15, 0.2) is 0 Å². The van der Waals surface area contributed by atoms with Crippen LogP contribution in [0.15, 0.2) is 42.5 Å². The van der Waals surface area contributed by atoms with Gasteiger partial charge >= 0.3 is 6.03 Å². The van der Waals surface area contributed by atoms with Crippen LogP contribution in [0.2, 0.25) is 0 Å². The van der Waals surface area contributed by atoms with Crippen molar-refractivity contribution in [2.45, 2.75) is 19.4 Å². The smallest absolute Gasteiger partial charge is 0.319 e. The molecule has 0 spiro atoms. The average Bonchev–Trinajstić information content (AvgIpc) is 2.48. The molecule has 0 saturated heterocycles. The monoisotopic (exact) mass is 333 g/mol. The minimum atomic E-state index is -1.10. The molecule has 0 unspecified atom stereocenters. The van der Waals surface area contributed by atoms with Crippen LogP contribution in [0.3, 0.4) is 0 Å². The fourth-order valence-electron chi connectivity index (χ4n) is 2.15. The molecule has 0 aliphatic heterocycles. The summed E-state index contributed by atoms with van der Waals surface area (Å²) < 4.78 is 26.4. The van der Waals surface area contributed by atoms with Crippen LogP contribution in [-0.4, -0.2) is 18.0 Å². The number of amides is 3. The van der Waals surface area contributed by atoms with Crippen molar-refractivity contribution < 1.29 is 18.4 Å². The van der Waals surface area contributed by atoms with Crippen LogP contribution >= 0.6 is 0 Å². The molecule has 0 fully saturated rings. The third-order valence-electron chi connectivity index (χ3n) is 3.32. The van der Waals surface area contributed by atoms with Gasteiger partial charge in [0, 0.05) is 18.2 Å². The van der Waals surface area contributed by atoms with Gasteiger partial charge in [0.05, 0.1) is 0 Å². The van der Waals surface area contributed by atoms with Gasteiger partial charge in [0.1, 0.15) is 17.7 Å². The topological polar surface area (TPSA) is 84.2 Å². The largest absolute Gasteiger partial charge is 0.368 e. The number of anilines is 1. The highest BCUT2D eigenvalue weighted by Gasteiger charge is 2.19. The molecule has 0 aliphatic carbocycles. The summed E-state index contributed by atoms with van der Waals surface area (Å²) in [6.07, 6.45) is -0.120. The van der Waals surface area contributed by atoms with Gasteiger partial charge in [-0.05, 0) is 36.8 Å². The Morgan fingerprint density at radius 2 is 1.67 bits per heavy atom. The molecule has 4 N–H and O–H groups in total. The first-order valence-corrected chi connectivity index (χ1v) is 7.22. The minimum absolute atomic E-state index is 0.120. The van der Waals surface area contributed by atoms with Crippen LogP contribution in [0.25, 0.3) is 0 Å². The molecule has 1 atom stereocenters. The number of aryl methyl sites for hydroxylation is 1. The van der Waals surface area contributed by atoms with Gasteiger partial charge in [0.2, 0.25) is 5.91 Å². The summed E-state index contributed by atoms with van der Waals surface area (Å²) in [7, 11) is 0. The summed E-state index contributed by atoms with van der Waals surface area (Å²) in [6, 6.07) is 8.19. The number of nitrogens with two attached hydrogens (primary N) is 1. The fourth-order valence-corrected chi connectivity index (χ4v) is 2.15. The van der Waals surface area contributed by atoms with Crippen LogP contribution < -0.4 is 16.4 Å². The summed E-state index contributed by atoms with van der Waals surface area (Å²) in [5.41, 5.74) is 7.04. The number of hydrogen-bond donors (Lipinski definition) is 3. The first kappa shape index (κ1) is 17.4. The fraction of sp³-hybridized carbons (Fsp3) is 0.176. The second-order valence-corrected chi connectivity index (χ2v) is 5.40. The zero-order valence-electron chi connectivity index (χ0n) is 13.0. The maximum atomic E-state index is 13.2. The quantitative estimate of drug-likeness (QED) is 0.785. The molecule has 0 saturated carbocycles. The van der Waals surface area contributed by atoms with Crippen LogP contribution in [-0.2, 0) is 11.2 Å². The van der Waals surface area contributed by atoms with Crippen molar-refractivity contribution >= 4 is 17.6 Å². The van der Waals surface area contributed by atoms with E-state index in [-0.39, 0.29) is 12.0 Å². The molecule has 5 nitrogen and oxygen atoms in total. The van der Waals surface area contributed by atoms with Gasteiger partial charge in [0.25, 0.3) is 0 Å². The van der Waals surface area contributed by atoms with E-state index in [0.717, 1.165) is 23.8 Å². The molecule has 0 aliphatic rings. The highest BCUT2D eigenvalue weighted by atomic mass is 19.1. The van der Waals surface area contributed by atoms with Gasteiger partial charge in [-0.1, -0.05) is 17.7 Å². The van der Waals surface area contributed by atoms with E-state index in [2.05, 4.69) is 10.6 Å². The van der Waals surface area contributed by atoms with Crippen molar-refractivity contribution in [2.24, 2.45) is 5.73 Å². The van der Waals surface area contributed by atoms with Crippen molar-refractivity contribution in [2.75, 3.05) is 5.32 Å². The molecule has 2 aromatic carbocycles. The summed E-state index contributed by atoms with van der Waals surface area (Å²) in [6.45, 7) is 1.91. The van der Waals surface area contributed by atoms with Crippen LogP contribution in [0, 0.1) is 18.6 Å². The molecule has 0 bridgehead atoms. The van der Waals surface area contributed by atoms with Gasteiger partial charge in [-0.15, -0.1) is 0 Å². The average molecular weight is 333 g/mol. The van der Waals surface area contributed by atoms with Crippen molar-refractivity contribution in [1.82, 2.24) is 5.32 Å². The molecule has 0 radical (unpaired) electrons. The van der Waals surface area contributed by atoms with Gasteiger partial charge in [-0.2, -0.15) is 0 Å². The zero-order valence-corrected chi connectivity index (χ0v) is 13.0. The first-order chi connectivity index (χ1) is 11.3. The van der Waals surface area contributed by atoms with Crippen LogP contribution in [0.4, 0.5) is 19.3 Å². The predicted octanol–water partition coefficient (Wildman–Crippen LogP) is 2.49. The summed E-state index contributed by atoms with van der Waals surface area (Å²) in [5.74, 6) is -2.34. The van der Waals surface area contributed by atoms with E-state index in [1.165, 1.54) is 0 Å². The SMILES string of the molecule is Cc1ccc(NC(=O)N[C@@H](Cc2cc(F)cc(F)c2)C(N)=O)cc1. The lowest BCUT2D eigenvalue weighted by Gasteiger charge is -2.16. The van der Waals surface area contributed by atoms with E-state index in [1.54, 1.807) is 12.1 Å². The Hall–Kier alpha value is -2.96. The number of carbonyl (C=O) groups excluding carboxylic acids is 2. The second-order valence-electron chi connectivity index (χ2n) is 5.40. The third kappa shape index (κ3) is 5.05. The van der Waals surface area contributed by atoms with Gasteiger partial charge < -0.3 is 16.4 Å². The molecule has 0 heterocycles. The molecular formula is C17H17F2N3O2. The maximum absolute atomic E-state index is 13.2. The highest BCUT2D eigenvalue weighted by Crippen LogP contribution is 2.11. The van der Waals surface area contributed by atoms with E-state index in [4.69, 9.17) is 5.73 Å². The van der Waals surface area contributed by atoms with Crippen molar-refractivity contribution in [3.05, 3.63) is 65.2 Å². The minimum Gasteiger partial charge on any atom is -0.368 e. The van der Waals surface area contributed by atoms with Gasteiger partial charge in [-0.3, -0.25) is 4.79 Å². The Morgan fingerprint density at radius 1 is 1.08 bits per heavy atom. The number of primary amides is 1. The van der Waals surface area contributed by atoms with Crippen LogP contribution in [0.5, 0.6) is 0 Å². The van der Waals surface area contributed by atoms with E-state index in [9.17, 15) is 18.4 Å². The van der Waals surface area contributed by atoms with Crippen LogP contribution in [0.1, 0.15) is 11.1 Å². The normalized spacial score (nSPS) is 11.6. The first-order valence-electron chi connectivity index (χ1n) is 7.22. The lowest BCUT2D eigenvalue weighted by molar-refractivity contribution is -0.119.